The highest BCUT2D eigenvalue weighted by Gasteiger charge is 2.34. The van der Waals surface area contributed by atoms with E-state index in [0.29, 0.717) is 19.6 Å². The summed E-state index contributed by atoms with van der Waals surface area (Å²) in [4.78, 5) is 12.5. The average Bonchev–Trinajstić information content (AvgIpc) is 3.07. The van der Waals surface area contributed by atoms with Gasteiger partial charge in [0.1, 0.15) is 5.75 Å². The highest BCUT2D eigenvalue weighted by Crippen LogP contribution is 2.31. The number of hydrogen-bond donors (Lipinski definition) is 3. The van der Waals surface area contributed by atoms with Gasteiger partial charge in [-0.05, 0) is 19.4 Å². The number of fused-ring (bicyclic) bond motifs is 1. The number of benzene rings is 1. The van der Waals surface area contributed by atoms with Crippen LogP contribution in [0.4, 0.5) is 0 Å². The molecule has 6 heteroatoms. The topological polar surface area (TPSA) is 79.8 Å². The van der Waals surface area contributed by atoms with E-state index in [1.165, 1.54) is 6.92 Å². The second-order valence-electron chi connectivity index (χ2n) is 6.42. The van der Waals surface area contributed by atoms with Gasteiger partial charge in [-0.15, -0.1) is 0 Å². The van der Waals surface area contributed by atoms with Crippen molar-refractivity contribution in [2.24, 2.45) is 0 Å². The zero-order valence-corrected chi connectivity index (χ0v) is 13.4. The van der Waals surface area contributed by atoms with Crippen LogP contribution in [-0.2, 0) is 9.53 Å². The number of rotatable bonds is 5. The number of carbonyl (C=O) groups is 1. The summed E-state index contributed by atoms with van der Waals surface area (Å²) < 4.78 is 10.9. The van der Waals surface area contributed by atoms with Crippen LogP contribution in [0.25, 0.3) is 0 Å². The molecule has 0 bridgehead atoms. The molecule has 1 amide bonds. The summed E-state index contributed by atoms with van der Waals surface area (Å²) in [6.45, 7) is 3.66. The van der Waals surface area contributed by atoms with Crippen molar-refractivity contribution in [2.75, 3.05) is 26.4 Å². The van der Waals surface area contributed by atoms with Crippen LogP contribution in [0.1, 0.15) is 31.4 Å². The fourth-order valence-corrected chi connectivity index (χ4v) is 2.92. The summed E-state index contributed by atoms with van der Waals surface area (Å²) in [7, 11) is 0. The van der Waals surface area contributed by atoms with E-state index in [0.717, 1.165) is 24.3 Å². The minimum atomic E-state index is -1.46. The van der Waals surface area contributed by atoms with Gasteiger partial charge in [0.2, 0.25) is 0 Å². The Morgan fingerprint density at radius 1 is 1.35 bits per heavy atom. The Labute approximate surface area is 136 Å². The molecule has 0 aliphatic carbocycles. The van der Waals surface area contributed by atoms with Gasteiger partial charge in [-0.1, -0.05) is 18.2 Å². The Balaban J connectivity index is 1.59. The maximum absolute atomic E-state index is 12.5. The number of ether oxygens (including phenoxy) is 2. The molecule has 2 aliphatic rings. The first kappa shape index (κ1) is 16.2. The van der Waals surface area contributed by atoms with E-state index in [9.17, 15) is 9.90 Å². The predicted molar refractivity (Wildman–Crippen MR) is 85.3 cm³/mol. The van der Waals surface area contributed by atoms with E-state index < -0.39 is 5.60 Å². The molecule has 3 atom stereocenters. The lowest BCUT2D eigenvalue weighted by molar-refractivity contribution is -0.138. The third kappa shape index (κ3) is 3.83. The highest BCUT2D eigenvalue weighted by molar-refractivity contribution is 5.85. The Hall–Kier alpha value is -1.63. The standard InChI is InChI=1S/C17H24N2O4/c1-17(21,11-18-12-6-8-22-10-12)16(20)19-14-7-9-23-15-5-3-2-4-13(14)15/h2-5,12,14,18,21H,6-11H2,1H3,(H,19,20). The highest BCUT2D eigenvalue weighted by atomic mass is 16.5. The number of hydrogen-bond acceptors (Lipinski definition) is 5. The quantitative estimate of drug-likeness (QED) is 0.746. The minimum absolute atomic E-state index is 0.131. The molecule has 3 N–H and O–H groups in total. The molecule has 2 heterocycles. The van der Waals surface area contributed by atoms with Gasteiger partial charge in [0, 0.05) is 31.2 Å². The van der Waals surface area contributed by atoms with Gasteiger partial charge in [-0.2, -0.15) is 0 Å². The predicted octanol–water partition coefficient (Wildman–Crippen LogP) is 0.756. The molecule has 0 aromatic heterocycles. The van der Waals surface area contributed by atoms with Gasteiger partial charge in [-0.3, -0.25) is 4.79 Å². The Bertz CT molecular complexity index is 555. The fourth-order valence-electron chi connectivity index (χ4n) is 2.92. The van der Waals surface area contributed by atoms with Crippen LogP contribution in [-0.4, -0.2) is 49.0 Å². The first-order valence-corrected chi connectivity index (χ1v) is 8.12. The summed E-state index contributed by atoms with van der Waals surface area (Å²) in [6.07, 6.45) is 1.60. The van der Waals surface area contributed by atoms with Gasteiger partial charge in [0.25, 0.3) is 5.91 Å². The van der Waals surface area contributed by atoms with Crippen molar-refractivity contribution in [3.8, 4) is 5.75 Å². The van der Waals surface area contributed by atoms with Gasteiger partial charge in [-0.25, -0.2) is 0 Å². The van der Waals surface area contributed by atoms with Gasteiger partial charge in [0.15, 0.2) is 5.60 Å². The average molecular weight is 320 g/mol. The molecule has 1 aromatic rings. The third-order valence-electron chi connectivity index (χ3n) is 4.42. The van der Waals surface area contributed by atoms with Crippen molar-refractivity contribution in [2.45, 2.75) is 37.5 Å². The molecule has 1 fully saturated rings. The van der Waals surface area contributed by atoms with Crippen LogP contribution >= 0.6 is 0 Å². The fraction of sp³-hybridized carbons (Fsp3) is 0.588. The van der Waals surface area contributed by atoms with Crippen molar-refractivity contribution >= 4 is 5.91 Å². The molecule has 0 radical (unpaired) electrons. The molecular formula is C17H24N2O4. The van der Waals surface area contributed by atoms with Crippen LogP contribution < -0.4 is 15.4 Å². The maximum atomic E-state index is 12.5. The molecule has 23 heavy (non-hydrogen) atoms. The molecular weight excluding hydrogens is 296 g/mol. The number of para-hydroxylation sites is 1. The van der Waals surface area contributed by atoms with E-state index in [4.69, 9.17) is 9.47 Å². The number of aliphatic hydroxyl groups is 1. The lowest BCUT2D eigenvalue weighted by Crippen LogP contribution is -2.53. The van der Waals surface area contributed by atoms with E-state index in [2.05, 4.69) is 10.6 Å². The first-order valence-electron chi connectivity index (χ1n) is 8.12. The molecule has 1 saturated heterocycles. The SMILES string of the molecule is CC(O)(CNC1CCOC1)C(=O)NC1CCOc2ccccc21. The molecule has 0 spiro atoms. The Kier molecular flexibility index (Phi) is 4.84. The van der Waals surface area contributed by atoms with E-state index in [1.54, 1.807) is 0 Å². The summed E-state index contributed by atoms with van der Waals surface area (Å²) in [5.41, 5.74) is -0.504. The Morgan fingerprint density at radius 3 is 2.96 bits per heavy atom. The van der Waals surface area contributed by atoms with Crippen molar-refractivity contribution in [3.63, 3.8) is 0 Å². The van der Waals surface area contributed by atoms with Gasteiger partial charge >= 0.3 is 0 Å². The lowest BCUT2D eigenvalue weighted by Gasteiger charge is -2.30. The summed E-state index contributed by atoms with van der Waals surface area (Å²) in [5.74, 6) is 0.426. The molecule has 1 aromatic carbocycles. The number of amides is 1. The van der Waals surface area contributed by atoms with Crippen LogP contribution in [0.2, 0.25) is 0 Å². The van der Waals surface area contributed by atoms with E-state index in [1.807, 2.05) is 24.3 Å². The zero-order chi connectivity index (χ0) is 16.3. The summed E-state index contributed by atoms with van der Waals surface area (Å²) in [6, 6.07) is 7.75. The second kappa shape index (κ2) is 6.86. The van der Waals surface area contributed by atoms with E-state index >= 15 is 0 Å². The van der Waals surface area contributed by atoms with Gasteiger partial charge in [0.05, 0.1) is 19.3 Å². The normalized spacial score (nSPS) is 26.0. The summed E-state index contributed by atoms with van der Waals surface area (Å²) >= 11 is 0. The maximum Gasteiger partial charge on any atom is 0.253 e. The molecule has 2 aliphatic heterocycles. The lowest BCUT2D eigenvalue weighted by atomic mass is 9.98. The molecule has 6 nitrogen and oxygen atoms in total. The van der Waals surface area contributed by atoms with Gasteiger partial charge < -0.3 is 25.2 Å². The van der Waals surface area contributed by atoms with Crippen LogP contribution in [0.5, 0.6) is 5.75 Å². The van der Waals surface area contributed by atoms with E-state index in [-0.39, 0.29) is 24.5 Å². The molecule has 3 unspecified atom stereocenters. The third-order valence-corrected chi connectivity index (χ3v) is 4.42. The zero-order valence-electron chi connectivity index (χ0n) is 13.4. The Morgan fingerprint density at radius 2 is 2.17 bits per heavy atom. The minimum Gasteiger partial charge on any atom is -0.493 e. The van der Waals surface area contributed by atoms with Crippen molar-refractivity contribution in [3.05, 3.63) is 29.8 Å². The largest absolute Gasteiger partial charge is 0.493 e. The number of carbonyl (C=O) groups excluding carboxylic acids is 1. The number of nitrogens with one attached hydrogen (secondary N) is 2. The molecule has 126 valence electrons. The molecule has 3 rings (SSSR count). The van der Waals surface area contributed by atoms with Crippen LogP contribution in [0.3, 0.4) is 0 Å². The monoisotopic (exact) mass is 320 g/mol. The molecule has 0 saturated carbocycles. The summed E-state index contributed by atoms with van der Waals surface area (Å²) in [5, 5.41) is 16.6. The van der Waals surface area contributed by atoms with Crippen molar-refractivity contribution in [1.29, 1.82) is 0 Å². The van der Waals surface area contributed by atoms with Crippen molar-refractivity contribution in [1.82, 2.24) is 10.6 Å². The smallest absolute Gasteiger partial charge is 0.253 e. The van der Waals surface area contributed by atoms with Crippen molar-refractivity contribution < 1.29 is 19.4 Å². The first-order chi connectivity index (χ1) is 11.1. The second-order valence-corrected chi connectivity index (χ2v) is 6.42. The van der Waals surface area contributed by atoms with Crippen LogP contribution in [0, 0.1) is 0 Å². The van der Waals surface area contributed by atoms with Crippen LogP contribution in [0.15, 0.2) is 24.3 Å².